The van der Waals surface area contributed by atoms with E-state index in [4.69, 9.17) is 15.5 Å². The van der Waals surface area contributed by atoms with Gasteiger partial charge in [-0.15, -0.1) is 0 Å². The molecule has 2 aromatic rings. The van der Waals surface area contributed by atoms with Gasteiger partial charge in [-0.2, -0.15) is 4.98 Å². The highest BCUT2D eigenvalue weighted by molar-refractivity contribution is 6.07. The lowest BCUT2D eigenvalue weighted by Crippen LogP contribution is -2.38. The Balaban J connectivity index is 2.01. The Morgan fingerprint density at radius 1 is 1.43 bits per heavy atom. The van der Waals surface area contributed by atoms with Crippen molar-refractivity contribution < 1.29 is 14.5 Å². The highest BCUT2D eigenvalue weighted by Gasteiger charge is 2.24. The van der Waals surface area contributed by atoms with E-state index in [1.165, 1.54) is 6.33 Å². The van der Waals surface area contributed by atoms with E-state index in [0.717, 1.165) is 0 Å². The summed E-state index contributed by atoms with van der Waals surface area (Å²) in [6.07, 6.45) is 1.70. The molecule has 0 aliphatic carbocycles. The highest BCUT2D eigenvalue weighted by Crippen LogP contribution is 2.16. The van der Waals surface area contributed by atoms with Crippen LogP contribution in [0, 0.1) is 0 Å². The van der Waals surface area contributed by atoms with Gasteiger partial charge in [-0.05, 0) is 5.56 Å². The monoisotopic (exact) mass is 289 g/mol. The first-order valence-corrected chi connectivity index (χ1v) is 6.28. The Labute approximate surface area is 120 Å². The topological polar surface area (TPSA) is 127 Å². The van der Waals surface area contributed by atoms with Crippen LogP contribution in [0.2, 0.25) is 0 Å². The molecule has 0 saturated heterocycles. The second-order valence-corrected chi connectivity index (χ2v) is 4.24. The minimum absolute atomic E-state index is 0.170. The molecule has 1 atom stereocenters. The number of carbonyl (C=O) groups excluding carboxylic acids is 1. The third kappa shape index (κ3) is 3.78. The number of nitrogens with two attached hydrogens (primary N) is 1. The molecule has 1 amide bonds. The largest absolute Gasteiger partial charge is 0.409 e. The van der Waals surface area contributed by atoms with Crippen LogP contribution in [0.1, 0.15) is 17.4 Å². The smallest absolute Gasteiger partial charge is 0.235 e. The number of aromatic nitrogens is 2. The Kier molecular flexibility index (Phi) is 4.86. The fraction of sp³-hybridized carbons (Fsp3) is 0.231. The lowest BCUT2D eigenvalue weighted by Gasteiger charge is -2.15. The van der Waals surface area contributed by atoms with Crippen LogP contribution in [0.15, 0.2) is 46.3 Å². The SMILES string of the molecule is N/C(=N/O)C(C(=O)NCCc1ncno1)c1ccccc1. The first kappa shape index (κ1) is 14.5. The van der Waals surface area contributed by atoms with Gasteiger partial charge in [-0.1, -0.05) is 40.6 Å². The first-order valence-electron chi connectivity index (χ1n) is 6.28. The second kappa shape index (κ2) is 7.04. The number of hydrogen-bond donors (Lipinski definition) is 3. The van der Waals surface area contributed by atoms with Crippen molar-refractivity contribution in [2.75, 3.05) is 6.54 Å². The molecule has 1 aromatic heterocycles. The number of hydrogen-bond acceptors (Lipinski definition) is 6. The first-order chi connectivity index (χ1) is 10.2. The van der Waals surface area contributed by atoms with E-state index in [1.807, 2.05) is 6.07 Å². The average Bonchev–Trinajstić information content (AvgIpc) is 3.01. The van der Waals surface area contributed by atoms with Crippen LogP contribution < -0.4 is 11.1 Å². The summed E-state index contributed by atoms with van der Waals surface area (Å²) in [5.41, 5.74) is 6.26. The number of amidine groups is 1. The van der Waals surface area contributed by atoms with Gasteiger partial charge in [0.25, 0.3) is 0 Å². The third-order valence-electron chi connectivity index (χ3n) is 2.85. The molecule has 0 aliphatic rings. The van der Waals surface area contributed by atoms with E-state index in [1.54, 1.807) is 24.3 Å². The van der Waals surface area contributed by atoms with Crippen molar-refractivity contribution in [3.8, 4) is 0 Å². The summed E-state index contributed by atoms with van der Waals surface area (Å²) in [5.74, 6) is -0.957. The van der Waals surface area contributed by atoms with Gasteiger partial charge in [0.2, 0.25) is 11.8 Å². The highest BCUT2D eigenvalue weighted by atomic mass is 16.5. The number of oxime groups is 1. The number of benzene rings is 1. The van der Waals surface area contributed by atoms with Crippen LogP contribution in [0.25, 0.3) is 0 Å². The predicted molar refractivity (Wildman–Crippen MR) is 73.6 cm³/mol. The Morgan fingerprint density at radius 2 is 2.19 bits per heavy atom. The van der Waals surface area contributed by atoms with Crippen LogP contribution in [-0.4, -0.2) is 33.6 Å². The number of nitrogens with one attached hydrogen (secondary N) is 1. The van der Waals surface area contributed by atoms with E-state index >= 15 is 0 Å². The summed E-state index contributed by atoms with van der Waals surface area (Å²) in [7, 11) is 0. The van der Waals surface area contributed by atoms with Crippen LogP contribution in [0.4, 0.5) is 0 Å². The summed E-state index contributed by atoms with van der Waals surface area (Å²) in [6, 6.07) is 8.85. The molecule has 0 aliphatic heterocycles. The van der Waals surface area contributed by atoms with Crippen LogP contribution in [-0.2, 0) is 11.2 Å². The summed E-state index contributed by atoms with van der Waals surface area (Å²) < 4.78 is 4.83. The van der Waals surface area contributed by atoms with E-state index in [-0.39, 0.29) is 11.7 Å². The molecule has 1 aromatic carbocycles. The zero-order chi connectivity index (χ0) is 15.1. The van der Waals surface area contributed by atoms with Crippen molar-refractivity contribution in [2.45, 2.75) is 12.3 Å². The van der Waals surface area contributed by atoms with Gasteiger partial charge >= 0.3 is 0 Å². The molecule has 4 N–H and O–H groups in total. The summed E-state index contributed by atoms with van der Waals surface area (Å²) in [6.45, 7) is 0.309. The summed E-state index contributed by atoms with van der Waals surface area (Å²) in [4.78, 5) is 16.1. The maximum atomic E-state index is 12.2. The summed E-state index contributed by atoms with van der Waals surface area (Å²) in [5, 5.41) is 17.9. The number of nitrogens with zero attached hydrogens (tertiary/aromatic N) is 3. The van der Waals surface area contributed by atoms with Gasteiger partial charge in [0.1, 0.15) is 5.92 Å². The summed E-state index contributed by atoms with van der Waals surface area (Å²) >= 11 is 0. The zero-order valence-electron chi connectivity index (χ0n) is 11.1. The van der Waals surface area contributed by atoms with Gasteiger partial charge in [0, 0.05) is 13.0 Å². The van der Waals surface area contributed by atoms with Gasteiger partial charge < -0.3 is 20.8 Å². The van der Waals surface area contributed by atoms with Gasteiger partial charge in [0.15, 0.2) is 12.2 Å². The van der Waals surface area contributed by atoms with E-state index in [9.17, 15) is 4.79 Å². The lowest BCUT2D eigenvalue weighted by atomic mass is 9.97. The van der Waals surface area contributed by atoms with Gasteiger partial charge in [-0.3, -0.25) is 4.79 Å². The molecule has 0 bridgehead atoms. The number of carbonyl (C=O) groups is 1. The Bertz CT molecular complexity index is 598. The van der Waals surface area contributed by atoms with Crippen LogP contribution >= 0.6 is 0 Å². The molecular weight excluding hydrogens is 274 g/mol. The van der Waals surface area contributed by atoms with Crippen molar-refractivity contribution in [2.24, 2.45) is 10.9 Å². The van der Waals surface area contributed by atoms with E-state index in [0.29, 0.717) is 24.4 Å². The van der Waals surface area contributed by atoms with E-state index in [2.05, 4.69) is 20.6 Å². The quantitative estimate of drug-likeness (QED) is 0.303. The molecule has 1 heterocycles. The van der Waals surface area contributed by atoms with Crippen molar-refractivity contribution in [3.63, 3.8) is 0 Å². The molecule has 8 nitrogen and oxygen atoms in total. The molecule has 21 heavy (non-hydrogen) atoms. The standard InChI is InChI=1S/C13H15N5O3/c14-12(18-20)11(9-4-2-1-3-5-9)13(19)15-7-6-10-16-8-17-21-10/h1-5,8,11,20H,6-7H2,(H2,14,18)(H,15,19). The molecule has 0 fully saturated rings. The minimum atomic E-state index is -0.848. The molecule has 110 valence electrons. The fourth-order valence-corrected chi connectivity index (χ4v) is 1.86. The van der Waals surface area contributed by atoms with Crippen LogP contribution in [0.5, 0.6) is 0 Å². The van der Waals surface area contributed by atoms with Crippen molar-refractivity contribution in [1.29, 1.82) is 0 Å². The maximum Gasteiger partial charge on any atom is 0.235 e. The molecule has 0 spiro atoms. The predicted octanol–water partition coefficient (Wildman–Crippen LogP) is 0.259. The second-order valence-electron chi connectivity index (χ2n) is 4.24. The van der Waals surface area contributed by atoms with E-state index < -0.39 is 5.92 Å². The maximum absolute atomic E-state index is 12.2. The van der Waals surface area contributed by atoms with Crippen molar-refractivity contribution in [3.05, 3.63) is 48.1 Å². The normalized spacial score (nSPS) is 12.9. The fourth-order valence-electron chi connectivity index (χ4n) is 1.86. The molecular formula is C13H15N5O3. The Hall–Kier alpha value is -2.90. The number of rotatable bonds is 6. The molecule has 8 heteroatoms. The van der Waals surface area contributed by atoms with Crippen molar-refractivity contribution >= 4 is 11.7 Å². The van der Waals surface area contributed by atoms with Gasteiger partial charge in [-0.25, -0.2) is 0 Å². The molecule has 2 rings (SSSR count). The number of amides is 1. The minimum Gasteiger partial charge on any atom is -0.409 e. The molecule has 1 unspecified atom stereocenters. The lowest BCUT2D eigenvalue weighted by molar-refractivity contribution is -0.121. The molecule has 0 radical (unpaired) electrons. The molecule has 0 saturated carbocycles. The van der Waals surface area contributed by atoms with Gasteiger partial charge in [0.05, 0.1) is 0 Å². The third-order valence-corrected chi connectivity index (χ3v) is 2.85. The average molecular weight is 289 g/mol. The Morgan fingerprint density at radius 3 is 2.81 bits per heavy atom. The van der Waals surface area contributed by atoms with Crippen molar-refractivity contribution in [1.82, 2.24) is 15.5 Å². The van der Waals surface area contributed by atoms with Crippen LogP contribution in [0.3, 0.4) is 0 Å². The zero-order valence-corrected chi connectivity index (χ0v) is 11.1.